The van der Waals surface area contributed by atoms with Crippen molar-refractivity contribution in [2.75, 3.05) is 9.80 Å². The number of imide groups is 2. The van der Waals surface area contributed by atoms with Crippen LogP contribution in [0, 0.1) is 5.82 Å². The lowest BCUT2D eigenvalue weighted by molar-refractivity contribution is -0.126. The molecule has 0 saturated heterocycles. The van der Waals surface area contributed by atoms with Gasteiger partial charge in [0.25, 0.3) is 11.8 Å². The molecule has 0 atom stereocenters. The summed E-state index contributed by atoms with van der Waals surface area (Å²) < 4.78 is 15.0. The third-order valence-corrected chi connectivity index (χ3v) is 6.13. The molecule has 7 heteroatoms. The number of hydrogen-bond acceptors (Lipinski definition) is 4. The molecule has 1 aromatic rings. The molecule has 2 aliphatic heterocycles. The third kappa shape index (κ3) is 1.94. The predicted molar refractivity (Wildman–Crippen MR) is 93.5 cm³/mol. The van der Waals surface area contributed by atoms with Gasteiger partial charge in [0.2, 0.25) is 11.8 Å². The van der Waals surface area contributed by atoms with Crippen LogP contribution >= 0.6 is 0 Å². The first-order valence-corrected chi connectivity index (χ1v) is 9.17. The van der Waals surface area contributed by atoms with Crippen molar-refractivity contribution in [2.24, 2.45) is 0 Å². The number of hydrogen-bond donors (Lipinski definition) is 0. The summed E-state index contributed by atoms with van der Waals surface area (Å²) in [5.41, 5.74) is 0.674. The third-order valence-electron chi connectivity index (χ3n) is 6.13. The molecule has 1 fully saturated rings. The summed E-state index contributed by atoms with van der Waals surface area (Å²) in [5, 5.41) is 0. The van der Waals surface area contributed by atoms with E-state index in [1.54, 1.807) is 0 Å². The van der Waals surface area contributed by atoms with Crippen LogP contribution in [-0.2, 0) is 24.6 Å². The van der Waals surface area contributed by atoms with Crippen LogP contribution in [0.5, 0.6) is 0 Å². The molecular weight excluding hydrogens is 351 g/mol. The van der Waals surface area contributed by atoms with Crippen molar-refractivity contribution in [1.82, 2.24) is 0 Å². The summed E-state index contributed by atoms with van der Waals surface area (Å²) in [6, 6.07) is 2.53. The zero-order chi connectivity index (χ0) is 19.1. The Labute approximate surface area is 154 Å². The highest BCUT2D eigenvalue weighted by Gasteiger charge is 2.60. The van der Waals surface area contributed by atoms with Gasteiger partial charge in [-0.05, 0) is 56.2 Å². The van der Waals surface area contributed by atoms with Crippen molar-refractivity contribution in [3.63, 3.8) is 0 Å². The average molecular weight is 368 g/mol. The number of benzene rings is 1. The molecule has 0 bridgehead atoms. The Morgan fingerprint density at radius 1 is 1.00 bits per heavy atom. The zero-order valence-electron chi connectivity index (χ0n) is 14.8. The first-order chi connectivity index (χ1) is 12.9. The predicted octanol–water partition coefficient (Wildman–Crippen LogP) is 2.49. The number of halogens is 1. The summed E-state index contributed by atoms with van der Waals surface area (Å²) in [7, 11) is 0. The first kappa shape index (κ1) is 16.4. The molecule has 0 radical (unpaired) electrons. The Morgan fingerprint density at radius 3 is 2.11 bits per heavy atom. The maximum absolute atomic E-state index is 15.0. The molecular formula is C20H17FN2O4. The second-order valence-electron chi connectivity index (χ2n) is 7.67. The van der Waals surface area contributed by atoms with Crippen LogP contribution in [0.4, 0.5) is 15.8 Å². The molecule has 5 rings (SSSR count). The number of carbonyl (C=O) groups excluding carboxylic acids is 4. The van der Waals surface area contributed by atoms with E-state index in [2.05, 4.69) is 0 Å². The molecule has 2 aliphatic carbocycles. The molecule has 0 unspecified atom stereocenters. The maximum atomic E-state index is 15.0. The Bertz CT molecular complexity index is 977. The van der Waals surface area contributed by atoms with Gasteiger partial charge in [-0.25, -0.2) is 14.2 Å². The van der Waals surface area contributed by atoms with Crippen molar-refractivity contribution in [3.8, 4) is 0 Å². The standard InChI is InChI=1S/C20H17FN2O4/c1-10(24)22-15-9-16(14(21)8-13(15)20(6-7-20)19(22)27)23-17(25)11-4-2-3-5-12(11)18(23)26/h8-9H,2-7H2,1H3. The fourth-order valence-corrected chi connectivity index (χ4v) is 4.61. The van der Waals surface area contributed by atoms with Crippen LogP contribution in [-0.4, -0.2) is 23.6 Å². The van der Waals surface area contributed by atoms with Crippen LogP contribution in [0.2, 0.25) is 0 Å². The second kappa shape index (κ2) is 5.12. The van der Waals surface area contributed by atoms with E-state index < -0.39 is 29.0 Å². The molecule has 1 spiro atoms. The first-order valence-electron chi connectivity index (χ1n) is 9.17. The van der Waals surface area contributed by atoms with Gasteiger partial charge in [-0.15, -0.1) is 0 Å². The van der Waals surface area contributed by atoms with E-state index in [-0.39, 0.29) is 17.3 Å². The molecule has 0 N–H and O–H groups in total. The Morgan fingerprint density at radius 2 is 1.59 bits per heavy atom. The van der Waals surface area contributed by atoms with Gasteiger partial charge in [0.1, 0.15) is 5.82 Å². The van der Waals surface area contributed by atoms with Crippen molar-refractivity contribution in [3.05, 3.63) is 34.7 Å². The van der Waals surface area contributed by atoms with Gasteiger partial charge in [-0.3, -0.25) is 19.2 Å². The average Bonchev–Trinajstić information content (AvgIpc) is 3.36. The van der Waals surface area contributed by atoms with Crippen LogP contribution < -0.4 is 9.80 Å². The lowest BCUT2D eigenvalue weighted by Crippen LogP contribution is -2.36. The Balaban J connectivity index is 1.64. The van der Waals surface area contributed by atoms with Crippen LogP contribution in [0.15, 0.2) is 23.3 Å². The van der Waals surface area contributed by atoms with E-state index in [1.165, 1.54) is 19.1 Å². The largest absolute Gasteiger partial charge is 0.274 e. The van der Waals surface area contributed by atoms with E-state index in [0.29, 0.717) is 42.4 Å². The van der Waals surface area contributed by atoms with Crippen molar-refractivity contribution in [1.29, 1.82) is 0 Å². The van der Waals surface area contributed by atoms with E-state index in [1.807, 2.05) is 0 Å². The second-order valence-corrected chi connectivity index (χ2v) is 7.67. The fourth-order valence-electron chi connectivity index (χ4n) is 4.61. The van der Waals surface area contributed by atoms with Crippen molar-refractivity contribution < 1.29 is 23.6 Å². The number of anilines is 2. The highest BCUT2D eigenvalue weighted by atomic mass is 19.1. The van der Waals surface area contributed by atoms with Gasteiger partial charge >= 0.3 is 0 Å². The molecule has 27 heavy (non-hydrogen) atoms. The minimum absolute atomic E-state index is 0.185. The monoisotopic (exact) mass is 368 g/mol. The van der Waals surface area contributed by atoms with Crippen molar-refractivity contribution >= 4 is 35.0 Å². The topological polar surface area (TPSA) is 74.8 Å². The normalized spacial score (nSPS) is 22.7. The van der Waals surface area contributed by atoms with Gasteiger partial charge in [-0.2, -0.15) is 0 Å². The van der Waals surface area contributed by atoms with Gasteiger partial charge in [0.15, 0.2) is 0 Å². The van der Waals surface area contributed by atoms with E-state index in [9.17, 15) is 23.6 Å². The Hall–Kier alpha value is -2.83. The summed E-state index contributed by atoms with van der Waals surface area (Å²) in [6.45, 7) is 1.28. The summed E-state index contributed by atoms with van der Waals surface area (Å²) >= 11 is 0. The van der Waals surface area contributed by atoms with Gasteiger partial charge in [0.05, 0.1) is 16.8 Å². The zero-order valence-corrected chi connectivity index (χ0v) is 14.8. The molecule has 1 aromatic carbocycles. The minimum atomic E-state index is -0.823. The van der Waals surface area contributed by atoms with Crippen molar-refractivity contribution in [2.45, 2.75) is 50.9 Å². The molecule has 6 nitrogen and oxygen atoms in total. The molecule has 2 heterocycles. The number of carbonyl (C=O) groups is 4. The maximum Gasteiger partial charge on any atom is 0.261 e. The molecule has 138 valence electrons. The lowest BCUT2D eigenvalue weighted by atomic mass is 9.93. The van der Waals surface area contributed by atoms with Crippen LogP contribution in [0.1, 0.15) is 51.0 Å². The SMILES string of the molecule is CC(=O)N1C(=O)C2(CC2)c2cc(F)c(N3C(=O)C4=C(CCCC4)C3=O)cc21. The molecule has 1 saturated carbocycles. The minimum Gasteiger partial charge on any atom is -0.274 e. The number of rotatable bonds is 1. The summed E-state index contributed by atoms with van der Waals surface area (Å²) in [4.78, 5) is 52.2. The Kier molecular flexibility index (Phi) is 3.10. The van der Waals surface area contributed by atoms with Gasteiger partial charge < -0.3 is 0 Å². The fraction of sp³-hybridized carbons (Fsp3) is 0.400. The van der Waals surface area contributed by atoms with E-state index in [4.69, 9.17) is 0 Å². The van der Waals surface area contributed by atoms with E-state index >= 15 is 0 Å². The van der Waals surface area contributed by atoms with Crippen LogP contribution in [0.25, 0.3) is 0 Å². The molecule has 4 aliphatic rings. The number of fused-ring (bicyclic) bond motifs is 2. The highest BCUT2D eigenvalue weighted by Crippen LogP contribution is 2.58. The quantitative estimate of drug-likeness (QED) is 0.714. The molecule has 4 amide bonds. The van der Waals surface area contributed by atoms with E-state index in [0.717, 1.165) is 22.6 Å². The van der Waals surface area contributed by atoms with Gasteiger partial charge in [0, 0.05) is 18.1 Å². The number of nitrogens with zero attached hydrogens (tertiary/aromatic N) is 2. The van der Waals surface area contributed by atoms with Gasteiger partial charge in [-0.1, -0.05) is 0 Å². The smallest absolute Gasteiger partial charge is 0.261 e. The summed E-state index contributed by atoms with van der Waals surface area (Å²) in [5.74, 6) is -2.52. The number of amides is 4. The highest BCUT2D eigenvalue weighted by molar-refractivity contribution is 6.33. The van der Waals surface area contributed by atoms with Crippen LogP contribution in [0.3, 0.4) is 0 Å². The molecule has 0 aromatic heterocycles. The lowest BCUT2D eigenvalue weighted by Gasteiger charge is -2.19. The summed E-state index contributed by atoms with van der Waals surface area (Å²) in [6.07, 6.45) is 3.83.